The van der Waals surface area contributed by atoms with Gasteiger partial charge in [-0.05, 0) is 17.9 Å². The minimum absolute atomic E-state index is 0.167. The molecule has 0 amide bonds. The van der Waals surface area contributed by atoms with E-state index in [9.17, 15) is 22.9 Å². The predicted molar refractivity (Wildman–Crippen MR) is 79.2 cm³/mol. The number of halogens is 2. The van der Waals surface area contributed by atoms with Crippen molar-refractivity contribution in [3.8, 4) is 5.75 Å². The molecule has 0 aromatic heterocycles. The Morgan fingerprint density at radius 1 is 1.48 bits per heavy atom. The number of nitro groups is 1. The van der Waals surface area contributed by atoms with Gasteiger partial charge in [0.1, 0.15) is 10.7 Å². The van der Waals surface area contributed by atoms with Crippen molar-refractivity contribution in [2.24, 2.45) is 0 Å². The van der Waals surface area contributed by atoms with Crippen LogP contribution in [0, 0.1) is 15.9 Å². The van der Waals surface area contributed by atoms with Crippen LogP contribution in [0.3, 0.4) is 0 Å². The Morgan fingerprint density at radius 2 is 2.14 bits per heavy atom. The Morgan fingerprint density at radius 3 is 2.67 bits per heavy atom. The number of thioether (sulfide) groups is 1. The van der Waals surface area contributed by atoms with Gasteiger partial charge < -0.3 is 4.74 Å². The van der Waals surface area contributed by atoms with E-state index in [1.165, 1.54) is 0 Å². The second-order valence-electron chi connectivity index (χ2n) is 3.84. The maximum absolute atomic E-state index is 13.6. The summed E-state index contributed by atoms with van der Waals surface area (Å²) in [4.78, 5) is 9.12. The fourth-order valence-electron chi connectivity index (χ4n) is 1.46. The largest absolute Gasteiger partial charge is 0.487 e. The first-order chi connectivity index (χ1) is 9.77. The summed E-state index contributed by atoms with van der Waals surface area (Å²) in [5, 5.41) is 10.9. The lowest BCUT2D eigenvalue weighted by atomic mass is 10.3. The monoisotopic (exact) mass is 357 g/mol. The minimum Gasteiger partial charge on any atom is -0.487 e. The van der Waals surface area contributed by atoms with Gasteiger partial charge in [-0.1, -0.05) is 6.92 Å². The standard InChI is InChI=1S/C11H13ClFNO5S2/c1-2-20-5-3-4-19-10-6-8(13)11(21(12,17)18)7-9(10)14(15)16/h6-7H,2-5H2,1H3. The molecule has 21 heavy (non-hydrogen) atoms. The van der Waals surface area contributed by atoms with Gasteiger partial charge in [-0.25, -0.2) is 12.8 Å². The van der Waals surface area contributed by atoms with E-state index in [4.69, 9.17) is 15.4 Å². The van der Waals surface area contributed by atoms with Crippen LogP contribution in [0.25, 0.3) is 0 Å². The Kier molecular flexibility index (Phi) is 6.69. The van der Waals surface area contributed by atoms with Crippen LogP contribution in [0.15, 0.2) is 17.0 Å². The van der Waals surface area contributed by atoms with E-state index in [1.54, 1.807) is 11.8 Å². The van der Waals surface area contributed by atoms with Crippen LogP contribution >= 0.6 is 22.4 Å². The van der Waals surface area contributed by atoms with Crippen molar-refractivity contribution in [2.75, 3.05) is 18.1 Å². The zero-order valence-corrected chi connectivity index (χ0v) is 13.4. The summed E-state index contributed by atoms with van der Waals surface area (Å²) in [6, 6.07) is 1.23. The van der Waals surface area contributed by atoms with Gasteiger partial charge >= 0.3 is 5.69 Å². The van der Waals surface area contributed by atoms with Crippen molar-refractivity contribution in [3.63, 3.8) is 0 Å². The van der Waals surface area contributed by atoms with Gasteiger partial charge in [0.25, 0.3) is 9.05 Å². The Bertz CT molecular complexity index is 623. The first-order valence-corrected chi connectivity index (χ1v) is 9.37. The third kappa shape index (κ3) is 5.33. The molecule has 0 bridgehead atoms. The van der Waals surface area contributed by atoms with E-state index in [2.05, 4.69) is 0 Å². The zero-order chi connectivity index (χ0) is 16.0. The van der Waals surface area contributed by atoms with Crippen LogP contribution in [0.2, 0.25) is 0 Å². The summed E-state index contributed by atoms with van der Waals surface area (Å²) in [5.41, 5.74) is -0.640. The number of ether oxygens (including phenoxy) is 1. The first-order valence-electron chi connectivity index (χ1n) is 5.90. The normalized spacial score (nSPS) is 11.4. The average Bonchev–Trinajstić information content (AvgIpc) is 2.36. The number of nitrogens with zero attached hydrogens (tertiary/aromatic N) is 1. The van der Waals surface area contributed by atoms with Crippen molar-refractivity contribution in [3.05, 3.63) is 28.1 Å². The summed E-state index contributed by atoms with van der Waals surface area (Å²) < 4.78 is 41.1. The molecule has 0 N–H and O–H groups in total. The second-order valence-corrected chi connectivity index (χ2v) is 7.77. The number of hydrogen-bond donors (Lipinski definition) is 0. The van der Waals surface area contributed by atoms with Gasteiger partial charge in [-0.3, -0.25) is 10.1 Å². The summed E-state index contributed by atoms with van der Waals surface area (Å²) >= 11 is 1.68. The Hall–Kier alpha value is -1.06. The molecule has 0 spiro atoms. The quantitative estimate of drug-likeness (QED) is 0.307. The van der Waals surface area contributed by atoms with Gasteiger partial charge in [0.05, 0.1) is 11.5 Å². The molecule has 0 saturated carbocycles. The highest BCUT2D eigenvalue weighted by molar-refractivity contribution is 8.13. The molecule has 1 aromatic rings. The zero-order valence-electron chi connectivity index (χ0n) is 11.0. The highest BCUT2D eigenvalue weighted by Gasteiger charge is 2.25. The number of benzene rings is 1. The number of nitro benzene ring substituents is 1. The Labute approximate surface area is 130 Å². The van der Waals surface area contributed by atoms with Crippen LogP contribution < -0.4 is 4.74 Å². The lowest BCUT2D eigenvalue weighted by molar-refractivity contribution is -0.386. The van der Waals surface area contributed by atoms with Crippen molar-refractivity contribution in [2.45, 2.75) is 18.2 Å². The van der Waals surface area contributed by atoms with E-state index >= 15 is 0 Å². The molecule has 6 nitrogen and oxygen atoms in total. The van der Waals surface area contributed by atoms with E-state index in [1.807, 2.05) is 6.92 Å². The second kappa shape index (κ2) is 7.81. The van der Waals surface area contributed by atoms with Gasteiger partial charge in [-0.2, -0.15) is 11.8 Å². The smallest absolute Gasteiger partial charge is 0.312 e. The molecule has 1 aromatic carbocycles. The van der Waals surface area contributed by atoms with Crippen LogP contribution in [0.5, 0.6) is 5.75 Å². The molecule has 0 fully saturated rings. The lowest BCUT2D eigenvalue weighted by Crippen LogP contribution is -2.05. The van der Waals surface area contributed by atoms with Gasteiger partial charge in [-0.15, -0.1) is 0 Å². The molecule has 0 radical (unpaired) electrons. The van der Waals surface area contributed by atoms with Crippen molar-refractivity contribution < 1.29 is 22.5 Å². The fourth-order valence-corrected chi connectivity index (χ4v) is 2.97. The molecule has 0 aliphatic heterocycles. The first kappa shape index (κ1) is 18.0. The van der Waals surface area contributed by atoms with Gasteiger partial charge in [0, 0.05) is 22.8 Å². The van der Waals surface area contributed by atoms with E-state index in [0.717, 1.165) is 11.5 Å². The third-order valence-electron chi connectivity index (χ3n) is 2.37. The molecule has 0 heterocycles. The molecule has 118 valence electrons. The van der Waals surface area contributed by atoms with Crippen LogP contribution in [-0.2, 0) is 9.05 Å². The molecular weight excluding hydrogens is 345 g/mol. The predicted octanol–water partition coefficient (Wildman–Crippen LogP) is 3.18. The molecule has 10 heteroatoms. The molecular formula is C11H13ClFNO5S2. The SMILES string of the molecule is CCSCCCOc1cc(F)c(S(=O)(=O)Cl)cc1[N+](=O)[O-]. The van der Waals surface area contributed by atoms with Gasteiger partial charge in [0.2, 0.25) is 0 Å². The summed E-state index contributed by atoms with van der Waals surface area (Å²) in [6.07, 6.45) is 0.632. The summed E-state index contributed by atoms with van der Waals surface area (Å²) in [6.45, 7) is 2.16. The third-order valence-corrected chi connectivity index (χ3v) is 4.69. The van der Waals surface area contributed by atoms with Crippen LogP contribution in [0.4, 0.5) is 10.1 Å². The van der Waals surface area contributed by atoms with Crippen molar-refractivity contribution in [1.82, 2.24) is 0 Å². The maximum Gasteiger partial charge on any atom is 0.312 e. The Balaban J connectivity index is 2.99. The summed E-state index contributed by atoms with van der Waals surface area (Å²) in [5.74, 6) is 0.245. The number of rotatable bonds is 8. The topological polar surface area (TPSA) is 86.5 Å². The molecule has 0 saturated heterocycles. The van der Waals surface area contributed by atoms with Crippen LogP contribution in [0.1, 0.15) is 13.3 Å². The van der Waals surface area contributed by atoms with Crippen molar-refractivity contribution >= 4 is 37.2 Å². The minimum atomic E-state index is -4.40. The van der Waals surface area contributed by atoms with E-state index < -0.39 is 30.4 Å². The molecule has 0 atom stereocenters. The lowest BCUT2D eigenvalue weighted by Gasteiger charge is -2.08. The van der Waals surface area contributed by atoms with E-state index in [0.29, 0.717) is 18.6 Å². The van der Waals surface area contributed by atoms with E-state index in [-0.39, 0.29) is 12.4 Å². The fraction of sp³-hybridized carbons (Fsp3) is 0.455. The number of hydrogen-bond acceptors (Lipinski definition) is 6. The molecule has 0 aliphatic carbocycles. The molecule has 0 aliphatic rings. The average molecular weight is 358 g/mol. The highest BCUT2D eigenvalue weighted by Crippen LogP contribution is 2.33. The maximum atomic E-state index is 13.6. The molecule has 1 rings (SSSR count). The highest BCUT2D eigenvalue weighted by atomic mass is 35.7. The molecule has 0 unspecified atom stereocenters. The van der Waals surface area contributed by atoms with Crippen molar-refractivity contribution in [1.29, 1.82) is 0 Å². The van der Waals surface area contributed by atoms with Crippen LogP contribution in [-0.4, -0.2) is 31.5 Å². The summed E-state index contributed by atoms with van der Waals surface area (Å²) in [7, 11) is 0.616. The van der Waals surface area contributed by atoms with Gasteiger partial charge in [0.15, 0.2) is 5.75 Å².